The summed E-state index contributed by atoms with van der Waals surface area (Å²) in [6.07, 6.45) is 1.83. The minimum atomic E-state index is -0.306. The fourth-order valence-corrected chi connectivity index (χ4v) is 3.15. The third kappa shape index (κ3) is 4.27. The van der Waals surface area contributed by atoms with Gasteiger partial charge < -0.3 is 5.32 Å². The lowest BCUT2D eigenvalue weighted by Gasteiger charge is -2.19. The molecule has 0 spiro atoms. The Bertz CT molecular complexity index is 842. The lowest BCUT2D eigenvalue weighted by atomic mass is 10.0. The molecule has 3 rings (SSSR count). The van der Waals surface area contributed by atoms with Crippen molar-refractivity contribution >= 4 is 17.2 Å². The van der Waals surface area contributed by atoms with Crippen molar-refractivity contribution in [2.75, 3.05) is 0 Å². The summed E-state index contributed by atoms with van der Waals surface area (Å²) in [6.45, 7) is 6.51. The molecule has 1 amide bonds. The van der Waals surface area contributed by atoms with Gasteiger partial charge in [0.05, 0.1) is 6.04 Å². The third-order valence-corrected chi connectivity index (χ3v) is 4.58. The molecule has 2 heterocycles. The maximum atomic E-state index is 12.4. The number of nitrogens with one attached hydrogen (secondary N) is 1. The first-order valence-corrected chi connectivity index (χ1v) is 8.89. The number of tetrazole rings is 1. The monoisotopic (exact) mass is 356 g/mol. The summed E-state index contributed by atoms with van der Waals surface area (Å²) in [5, 5.41) is 16.6. The number of hydrogen-bond acceptors (Lipinski definition) is 6. The van der Waals surface area contributed by atoms with E-state index in [9.17, 15) is 4.79 Å². The van der Waals surface area contributed by atoms with Crippen LogP contribution in [0.4, 0.5) is 0 Å². The summed E-state index contributed by atoms with van der Waals surface area (Å²) in [5.41, 5.74) is 0.610. The number of carbonyl (C=O) groups excluding carboxylic acids is 1. The Morgan fingerprint density at radius 1 is 1.28 bits per heavy atom. The second kappa shape index (κ2) is 7.52. The summed E-state index contributed by atoms with van der Waals surface area (Å²) in [7, 11) is 0. The smallest absolute Gasteiger partial charge is 0.251 e. The summed E-state index contributed by atoms with van der Waals surface area (Å²) in [6, 6.07) is 8.81. The molecule has 0 aliphatic rings. The zero-order valence-electron chi connectivity index (χ0n) is 14.4. The van der Waals surface area contributed by atoms with Crippen molar-refractivity contribution in [2.24, 2.45) is 5.92 Å². The number of carbonyl (C=O) groups is 1. The number of rotatable bonds is 6. The van der Waals surface area contributed by atoms with Crippen LogP contribution in [0, 0.1) is 12.8 Å². The Morgan fingerprint density at radius 2 is 2.04 bits per heavy atom. The lowest BCUT2D eigenvalue weighted by molar-refractivity contribution is 0.0923. The van der Waals surface area contributed by atoms with Gasteiger partial charge in [0.1, 0.15) is 11.6 Å². The normalized spacial score (nSPS) is 12.3. The Morgan fingerprint density at radius 3 is 2.68 bits per heavy atom. The highest BCUT2D eigenvalue weighted by Crippen LogP contribution is 2.19. The van der Waals surface area contributed by atoms with Crippen LogP contribution in [-0.4, -0.2) is 31.1 Å². The summed E-state index contributed by atoms with van der Waals surface area (Å²) >= 11 is 1.60. The average molecular weight is 356 g/mol. The largest absolute Gasteiger partial charge is 0.342 e. The molecule has 0 aliphatic heterocycles. The van der Waals surface area contributed by atoms with E-state index in [-0.39, 0.29) is 17.9 Å². The molecule has 0 fully saturated rings. The van der Waals surface area contributed by atoms with E-state index in [0.29, 0.717) is 17.9 Å². The van der Waals surface area contributed by atoms with Gasteiger partial charge >= 0.3 is 0 Å². The van der Waals surface area contributed by atoms with Crippen molar-refractivity contribution in [1.29, 1.82) is 0 Å². The van der Waals surface area contributed by atoms with Gasteiger partial charge in [0.15, 0.2) is 5.82 Å². The predicted molar refractivity (Wildman–Crippen MR) is 95.3 cm³/mol. The van der Waals surface area contributed by atoms with Crippen LogP contribution < -0.4 is 5.32 Å². The summed E-state index contributed by atoms with van der Waals surface area (Å²) in [5.74, 6) is 0.492. The second-order valence-electron chi connectivity index (χ2n) is 6.10. The first-order chi connectivity index (χ1) is 12.0. The number of aryl methyl sites for hydroxylation is 1. The molecule has 8 heteroatoms. The van der Waals surface area contributed by atoms with Crippen LogP contribution in [-0.2, 0) is 6.54 Å². The van der Waals surface area contributed by atoms with Gasteiger partial charge in [0.25, 0.3) is 5.91 Å². The molecule has 0 saturated heterocycles. The molecule has 0 aliphatic carbocycles. The van der Waals surface area contributed by atoms with Gasteiger partial charge in [0, 0.05) is 16.6 Å². The lowest BCUT2D eigenvalue weighted by Crippen LogP contribution is -2.32. The quantitative estimate of drug-likeness (QED) is 0.734. The molecule has 1 atom stereocenters. The molecule has 1 aromatic carbocycles. The van der Waals surface area contributed by atoms with Crippen molar-refractivity contribution in [3.05, 3.63) is 57.8 Å². The van der Waals surface area contributed by atoms with E-state index >= 15 is 0 Å². The zero-order valence-corrected chi connectivity index (χ0v) is 15.2. The third-order valence-electron chi connectivity index (χ3n) is 3.68. The number of amides is 1. The molecule has 0 saturated carbocycles. The maximum Gasteiger partial charge on any atom is 0.251 e. The Balaban J connectivity index is 1.73. The Kier molecular flexibility index (Phi) is 5.18. The molecule has 1 N–H and O–H groups in total. The van der Waals surface area contributed by atoms with Gasteiger partial charge in [-0.3, -0.25) is 4.79 Å². The van der Waals surface area contributed by atoms with Gasteiger partial charge in [-0.1, -0.05) is 32.0 Å². The van der Waals surface area contributed by atoms with E-state index in [4.69, 9.17) is 0 Å². The number of aromatic nitrogens is 5. The highest BCUT2D eigenvalue weighted by Gasteiger charge is 2.23. The second-order valence-corrected chi connectivity index (χ2v) is 7.42. The van der Waals surface area contributed by atoms with Crippen LogP contribution in [0.5, 0.6) is 0 Å². The minimum absolute atomic E-state index is 0.132. The molecule has 25 heavy (non-hydrogen) atoms. The fourth-order valence-electron chi connectivity index (χ4n) is 2.39. The van der Waals surface area contributed by atoms with Crippen LogP contribution in [0.3, 0.4) is 0 Å². The minimum Gasteiger partial charge on any atom is -0.342 e. The molecule has 2 aromatic heterocycles. The van der Waals surface area contributed by atoms with E-state index in [1.54, 1.807) is 23.5 Å². The number of hydrogen-bond donors (Lipinski definition) is 1. The molecule has 0 radical (unpaired) electrons. The highest BCUT2D eigenvalue weighted by atomic mass is 32.1. The standard InChI is InChI=1S/C17H20N6OS/c1-11(2)15(19-17(24)13-7-5-4-6-8-13)16-20-22-23(21-16)10-14-18-9-12(3)25-14/h4-9,11,15H,10H2,1-3H3,(H,19,24). The number of nitrogens with zero attached hydrogens (tertiary/aromatic N) is 5. The van der Waals surface area contributed by atoms with E-state index in [0.717, 1.165) is 9.88 Å². The molecular weight excluding hydrogens is 336 g/mol. The number of benzene rings is 1. The maximum absolute atomic E-state index is 12.4. The van der Waals surface area contributed by atoms with Gasteiger partial charge in [-0.2, -0.15) is 4.80 Å². The molecule has 1 unspecified atom stereocenters. The molecule has 7 nitrogen and oxygen atoms in total. The zero-order chi connectivity index (χ0) is 17.8. The number of thiazole rings is 1. The first kappa shape index (κ1) is 17.2. The van der Waals surface area contributed by atoms with E-state index < -0.39 is 0 Å². The van der Waals surface area contributed by atoms with E-state index in [1.165, 1.54) is 4.80 Å². The average Bonchev–Trinajstić information content (AvgIpc) is 3.22. The van der Waals surface area contributed by atoms with Gasteiger partial charge in [0.2, 0.25) is 0 Å². The van der Waals surface area contributed by atoms with E-state index in [1.807, 2.05) is 45.2 Å². The van der Waals surface area contributed by atoms with Crippen LogP contribution in [0.15, 0.2) is 36.5 Å². The Labute approximate surface area is 150 Å². The molecule has 3 aromatic rings. The fraction of sp³-hybridized carbons (Fsp3) is 0.353. The van der Waals surface area contributed by atoms with Crippen LogP contribution in [0.2, 0.25) is 0 Å². The van der Waals surface area contributed by atoms with Crippen LogP contribution in [0.1, 0.15) is 46.0 Å². The SMILES string of the molecule is Cc1cnc(Cn2nnc(C(NC(=O)c3ccccc3)C(C)C)n2)s1. The summed E-state index contributed by atoms with van der Waals surface area (Å²) in [4.78, 5) is 19.4. The van der Waals surface area contributed by atoms with Gasteiger partial charge in [-0.25, -0.2) is 4.98 Å². The molecule has 130 valence electrons. The van der Waals surface area contributed by atoms with Crippen LogP contribution in [0.25, 0.3) is 0 Å². The predicted octanol–water partition coefficient (Wildman–Crippen LogP) is 2.61. The van der Waals surface area contributed by atoms with Crippen molar-refractivity contribution < 1.29 is 4.79 Å². The van der Waals surface area contributed by atoms with Crippen molar-refractivity contribution in [3.63, 3.8) is 0 Å². The highest BCUT2D eigenvalue weighted by molar-refractivity contribution is 7.11. The topological polar surface area (TPSA) is 85.6 Å². The van der Waals surface area contributed by atoms with Gasteiger partial charge in [-0.05, 0) is 30.2 Å². The summed E-state index contributed by atoms with van der Waals surface area (Å²) < 4.78 is 0. The van der Waals surface area contributed by atoms with Crippen molar-refractivity contribution in [3.8, 4) is 0 Å². The first-order valence-electron chi connectivity index (χ1n) is 8.08. The molecule has 0 bridgehead atoms. The van der Waals surface area contributed by atoms with Gasteiger partial charge in [-0.15, -0.1) is 21.5 Å². The molecular formula is C17H20N6OS. The Hall–Kier alpha value is -2.61. The van der Waals surface area contributed by atoms with Crippen molar-refractivity contribution in [2.45, 2.75) is 33.4 Å². The van der Waals surface area contributed by atoms with Crippen molar-refractivity contribution in [1.82, 2.24) is 30.5 Å². The van der Waals surface area contributed by atoms with Crippen LogP contribution >= 0.6 is 11.3 Å². The van der Waals surface area contributed by atoms with E-state index in [2.05, 4.69) is 25.7 Å².